The van der Waals surface area contributed by atoms with E-state index in [-0.39, 0.29) is 18.9 Å². The second-order valence-electron chi connectivity index (χ2n) is 23.5. The van der Waals surface area contributed by atoms with Crippen molar-refractivity contribution in [2.24, 2.45) is 0 Å². The van der Waals surface area contributed by atoms with Crippen LogP contribution in [0.5, 0.6) is 0 Å². The summed E-state index contributed by atoms with van der Waals surface area (Å²) in [5, 5.41) is 120. The SMILES string of the molecule is CC/C=C\C/C=C\C/C=C\C/C=C\C/C=C\C/C=C\CCCCCCCCCCCCC(=O)NC(COC1OC(CO)C(OC2OC(CO)C(OC3OC(CO)C(O)C(O)C3O)C(O)C2O)C(O)C1O)C(O)/C=C/CC/C=C/CCCCCCCCCC. The van der Waals surface area contributed by atoms with Gasteiger partial charge >= 0.3 is 0 Å². The minimum atomic E-state index is -1.98. The van der Waals surface area contributed by atoms with E-state index in [1.165, 1.54) is 77.0 Å². The minimum absolute atomic E-state index is 0.224. The summed E-state index contributed by atoms with van der Waals surface area (Å²) >= 11 is 0. The van der Waals surface area contributed by atoms with Crippen LogP contribution in [0.4, 0.5) is 0 Å². The first-order valence-corrected chi connectivity index (χ1v) is 33.5. The molecule has 3 fully saturated rings. The van der Waals surface area contributed by atoms with Crippen molar-refractivity contribution in [2.75, 3.05) is 26.4 Å². The normalized spacial score (nSPS) is 29.0. The molecule has 12 N–H and O–H groups in total. The van der Waals surface area contributed by atoms with Gasteiger partial charge in [-0.3, -0.25) is 4.79 Å². The number of amides is 1. The van der Waals surface area contributed by atoms with Gasteiger partial charge in [0.25, 0.3) is 0 Å². The first-order chi connectivity index (χ1) is 42.8. The Morgan fingerprint density at radius 1 is 0.420 bits per heavy atom. The average Bonchev–Trinajstić information content (AvgIpc) is 2.57. The molecule has 3 rings (SSSR count). The van der Waals surface area contributed by atoms with Gasteiger partial charge in [-0.1, -0.05) is 207 Å². The summed E-state index contributed by atoms with van der Waals surface area (Å²) in [5.74, 6) is -0.295. The minimum Gasteiger partial charge on any atom is -0.394 e. The fourth-order valence-electron chi connectivity index (χ4n) is 10.7. The van der Waals surface area contributed by atoms with E-state index >= 15 is 0 Å². The molecule has 0 aliphatic carbocycles. The van der Waals surface area contributed by atoms with E-state index in [9.17, 15) is 61.0 Å². The second-order valence-corrected chi connectivity index (χ2v) is 23.5. The second kappa shape index (κ2) is 50.3. The largest absolute Gasteiger partial charge is 0.394 e. The lowest BCUT2D eigenvalue weighted by atomic mass is 9.96. The highest BCUT2D eigenvalue weighted by Crippen LogP contribution is 2.33. The van der Waals surface area contributed by atoms with E-state index in [2.05, 4.69) is 104 Å². The van der Waals surface area contributed by atoms with Gasteiger partial charge < -0.3 is 89.9 Å². The van der Waals surface area contributed by atoms with E-state index in [0.29, 0.717) is 12.8 Å². The number of aliphatic hydroxyl groups is 11. The van der Waals surface area contributed by atoms with E-state index in [0.717, 1.165) is 89.9 Å². The van der Waals surface area contributed by atoms with Gasteiger partial charge in [0.2, 0.25) is 5.91 Å². The van der Waals surface area contributed by atoms with Crippen molar-refractivity contribution in [3.63, 3.8) is 0 Å². The Balaban J connectivity index is 1.42. The van der Waals surface area contributed by atoms with E-state index in [1.807, 2.05) is 6.08 Å². The molecule has 0 bridgehead atoms. The molecule has 0 radical (unpaired) electrons. The lowest BCUT2D eigenvalue weighted by Crippen LogP contribution is -2.66. The highest BCUT2D eigenvalue weighted by molar-refractivity contribution is 5.76. The summed E-state index contributed by atoms with van der Waals surface area (Å²) in [6.45, 7) is 1.56. The highest BCUT2D eigenvalue weighted by Gasteiger charge is 2.53. The van der Waals surface area contributed by atoms with E-state index in [1.54, 1.807) is 6.08 Å². The zero-order valence-corrected chi connectivity index (χ0v) is 53.2. The van der Waals surface area contributed by atoms with Crippen molar-refractivity contribution < 1.29 is 89.4 Å². The van der Waals surface area contributed by atoms with Gasteiger partial charge in [0.15, 0.2) is 18.9 Å². The number of ether oxygens (including phenoxy) is 6. The molecule has 0 aromatic carbocycles. The summed E-state index contributed by atoms with van der Waals surface area (Å²) in [6.07, 6.45) is 38.1. The number of rotatable bonds is 49. The molecule has 19 nitrogen and oxygen atoms in total. The van der Waals surface area contributed by atoms with Gasteiger partial charge in [-0.15, -0.1) is 0 Å². The third-order valence-corrected chi connectivity index (χ3v) is 16.1. The molecule has 506 valence electrons. The van der Waals surface area contributed by atoms with Crippen molar-refractivity contribution in [3.05, 3.63) is 97.2 Å². The number of allylic oxidation sites excluding steroid dienone is 15. The lowest BCUT2D eigenvalue weighted by Gasteiger charge is -2.48. The van der Waals surface area contributed by atoms with Crippen LogP contribution in [0.2, 0.25) is 0 Å². The van der Waals surface area contributed by atoms with Crippen molar-refractivity contribution in [3.8, 4) is 0 Å². The van der Waals surface area contributed by atoms with Crippen molar-refractivity contribution in [1.29, 1.82) is 0 Å². The molecule has 3 aliphatic rings. The molecular formula is C69H117NO18. The Kier molecular flexibility index (Phi) is 45.1. The van der Waals surface area contributed by atoms with Crippen LogP contribution in [0, 0.1) is 0 Å². The molecule has 1 amide bonds. The fourth-order valence-corrected chi connectivity index (χ4v) is 10.7. The smallest absolute Gasteiger partial charge is 0.220 e. The Morgan fingerprint density at radius 2 is 0.795 bits per heavy atom. The lowest BCUT2D eigenvalue weighted by molar-refractivity contribution is -0.379. The molecule has 17 atom stereocenters. The number of hydrogen-bond donors (Lipinski definition) is 12. The number of nitrogens with one attached hydrogen (secondary N) is 1. The Morgan fingerprint density at radius 3 is 1.27 bits per heavy atom. The van der Waals surface area contributed by atoms with Crippen LogP contribution in [0.15, 0.2) is 97.2 Å². The molecule has 3 saturated heterocycles. The van der Waals surface area contributed by atoms with Crippen molar-refractivity contribution >= 4 is 5.91 Å². The molecule has 0 saturated carbocycles. The van der Waals surface area contributed by atoms with Gasteiger partial charge in [0, 0.05) is 6.42 Å². The predicted octanol–water partition coefficient (Wildman–Crippen LogP) is 8.10. The maximum atomic E-state index is 13.4. The number of aliphatic hydroxyl groups excluding tert-OH is 11. The molecule has 3 heterocycles. The maximum Gasteiger partial charge on any atom is 0.220 e. The summed E-state index contributed by atoms with van der Waals surface area (Å²) in [7, 11) is 0. The maximum absolute atomic E-state index is 13.4. The zero-order valence-electron chi connectivity index (χ0n) is 53.2. The first-order valence-electron chi connectivity index (χ1n) is 33.5. The molecule has 3 aliphatic heterocycles. The number of unbranched alkanes of at least 4 members (excludes halogenated alkanes) is 19. The average molecular weight is 1250 g/mol. The van der Waals surface area contributed by atoms with Crippen LogP contribution in [0.3, 0.4) is 0 Å². The summed E-state index contributed by atoms with van der Waals surface area (Å²) in [6, 6.07) is -0.998. The first kappa shape index (κ1) is 78.9. The zero-order chi connectivity index (χ0) is 64.0. The topological polar surface area (TPSA) is 307 Å². The quantitative estimate of drug-likeness (QED) is 0.0202. The molecule has 0 aromatic rings. The molecular weight excluding hydrogens is 1130 g/mol. The van der Waals surface area contributed by atoms with Crippen molar-refractivity contribution in [2.45, 2.75) is 304 Å². The van der Waals surface area contributed by atoms with Crippen LogP contribution in [0.25, 0.3) is 0 Å². The predicted molar refractivity (Wildman–Crippen MR) is 341 cm³/mol. The van der Waals surface area contributed by atoms with Crippen LogP contribution in [-0.4, -0.2) is 193 Å². The number of hydrogen-bond acceptors (Lipinski definition) is 18. The van der Waals surface area contributed by atoms with Crippen LogP contribution in [0.1, 0.15) is 200 Å². The summed E-state index contributed by atoms with van der Waals surface area (Å²) in [4.78, 5) is 13.4. The van der Waals surface area contributed by atoms with Gasteiger partial charge in [0.05, 0.1) is 38.6 Å². The van der Waals surface area contributed by atoms with Gasteiger partial charge in [0.1, 0.15) is 73.2 Å². The third kappa shape index (κ3) is 32.3. The molecule has 0 spiro atoms. The van der Waals surface area contributed by atoms with Crippen LogP contribution in [-0.2, 0) is 33.2 Å². The van der Waals surface area contributed by atoms with Crippen LogP contribution >= 0.6 is 0 Å². The van der Waals surface area contributed by atoms with Crippen molar-refractivity contribution in [1.82, 2.24) is 5.32 Å². The van der Waals surface area contributed by atoms with Gasteiger partial charge in [-0.25, -0.2) is 0 Å². The molecule has 0 aromatic heterocycles. The monoisotopic (exact) mass is 1250 g/mol. The van der Waals surface area contributed by atoms with Gasteiger partial charge in [-0.05, 0) is 83.5 Å². The Hall–Kier alpha value is -3.29. The van der Waals surface area contributed by atoms with E-state index in [4.69, 9.17) is 28.4 Å². The Labute approximate surface area is 526 Å². The van der Waals surface area contributed by atoms with Gasteiger partial charge in [-0.2, -0.15) is 0 Å². The number of carbonyl (C=O) groups is 1. The number of carbonyl (C=O) groups excluding carboxylic acids is 1. The Bertz CT molecular complexity index is 1970. The fraction of sp³-hybridized carbons (Fsp3) is 0.754. The third-order valence-electron chi connectivity index (χ3n) is 16.1. The molecule has 17 unspecified atom stereocenters. The molecule has 19 heteroatoms. The standard InChI is InChI=1S/C69H117NO18/c1-3-5-7-9-11-13-15-17-19-20-21-22-23-24-25-26-27-28-29-30-31-32-33-35-37-39-41-43-45-47-57(75)70-52(53(74)46-44-42-40-38-36-34-18-16-14-12-10-8-6-4-2)51-83-67-63(81)60(78)65(55(49-72)85-67)88-69-64(82)61(79)66(56(50-73)86-69)87-68-62(80)59(77)58(76)54(48-71)84-68/h5,7,11,13,17,19,21-22,24-25,27-28,36,38,44,46,52-56,58-69,71-74,76-82H,3-4,6,8-10,12,14-16,18,20,23,26,29-35,37,39-43,45,47-51H2,1-2H3,(H,70,75)/b7-5-,13-11-,19-17-,22-21-,25-24-,28-27-,38-36+,46-44+. The highest BCUT2D eigenvalue weighted by atomic mass is 16.8. The summed E-state index contributed by atoms with van der Waals surface area (Å²) < 4.78 is 34.3. The summed E-state index contributed by atoms with van der Waals surface area (Å²) in [5.41, 5.74) is 0. The van der Waals surface area contributed by atoms with E-state index < -0.39 is 124 Å². The molecule has 88 heavy (non-hydrogen) atoms. The van der Waals surface area contributed by atoms with Crippen LogP contribution < -0.4 is 5.32 Å².